The van der Waals surface area contributed by atoms with Crippen LogP contribution in [0.15, 0.2) is 41.2 Å². The first-order chi connectivity index (χ1) is 14.0. The monoisotopic (exact) mass is 398 g/mol. The molecule has 9 heteroatoms. The van der Waals surface area contributed by atoms with E-state index in [-0.39, 0.29) is 36.9 Å². The lowest BCUT2D eigenvalue weighted by molar-refractivity contribution is 0.0744. The van der Waals surface area contributed by atoms with Crippen LogP contribution in [0, 0.1) is 0 Å². The molecule has 0 atom stereocenters. The number of allylic oxidation sites excluding steroid dienone is 1. The van der Waals surface area contributed by atoms with Gasteiger partial charge in [0.05, 0.1) is 19.3 Å². The van der Waals surface area contributed by atoms with E-state index in [4.69, 9.17) is 4.74 Å². The van der Waals surface area contributed by atoms with Crippen LogP contribution in [0.4, 0.5) is 4.79 Å². The van der Waals surface area contributed by atoms with Gasteiger partial charge in [-0.2, -0.15) is 0 Å². The molecule has 29 heavy (non-hydrogen) atoms. The Bertz CT molecular complexity index is 1030. The Morgan fingerprint density at radius 3 is 2.48 bits per heavy atom. The van der Waals surface area contributed by atoms with Crippen molar-refractivity contribution in [2.75, 3.05) is 20.2 Å². The van der Waals surface area contributed by atoms with Gasteiger partial charge in [-0.1, -0.05) is 24.3 Å². The van der Waals surface area contributed by atoms with Crippen molar-refractivity contribution in [1.29, 1.82) is 0 Å². The van der Waals surface area contributed by atoms with Crippen LogP contribution in [0.1, 0.15) is 21.7 Å². The number of rotatable bonds is 3. The maximum absolute atomic E-state index is 13.4. The summed E-state index contributed by atoms with van der Waals surface area (Å²) in [6.07, 6.45) is 2.67. The summed E-state index contributed by atoms with van der Waals surface area (Å²) < 4.78 is 8.14. The van der Waals surface area contributed by atoms with Gasteiger partial charge in [-0.15, -0.1) is 0 Å². The van der Waals surface area contributed by atoms with E-state index in [2.05, 4.69) is 0 Å². The predicted molar refractivity (Wildman–Crippen MR) is 104 cm³/mol. The fraction of sp³-hybridized carbons (Fsp3) is 0.350. The van der Waals surface area contributed by atoms with Crippen LogP contribution in [0.5, 0.6) is 5.75 Å². The topological polar surface area (TPSA) is 97.0 Å². The van der Waals surface area contributed by atoms with Gasteiger partial charge in [-0.25, -0.2) is 9.59 Å². The van der Waals surface area contributed by atoms with Crippen LogP contribution in [-0.2, 0) is 26.2 Å². The average Bonchev–Trinajstić information content (AvgIpc) is 2.99. The molecule has 2 aliphatic heterocycles. The fourth-order valence-corrected chi connectivity index (χ4v) is 3.79. The molecule has 0 radical (unpaired) electrons. The summed E-state index contributed by atoms with van der Waals surface area (Å²) in [6.45, 7) is 1.57. The summed E-state index contributed by atoms with van der Waals surface area (Å²) in [6, 6.07) is 7.45. The molecule has 2 amide bonds. The zero-order valence-corrected chi connectivity index (χ0v) is 16.1. The molecule has 2 aliphatic rings. The quantitative estimate of drug-likeness (QED) is 0.788. The number of ether oxygens (including phenoxy) is 1. The Morgan fingerprint density at radius 1 is 1.07 bits per heavy atom. The largest absolute Gasteiger partial charge is 0.497 e. The van der Waals surface area contributed by atoms with Gasteiger partial charge in [0.1, 0.15) is 11.4 Å². The minimum atomic E-state index is -1.06. The first-order valence-electron chi connectivity index (χ1n) is 9.37. The van der Waals surface area contributed by atoms with Crippen molar-refractivity contribution in [2.45, 2.75) is 26.2 Å². The van der Waals surface area contributed by atoms with Crippen LogP contribution < -0.4 is 10.4 Å². The molecule has 0 saturated heterocycles. The molecule has 0 bridgehead atoms. The zero-order chi connectivity index (χ0) is 20.5. The highest BCUT2D eigenvalue weighted by molar-refractivity contribution is 5.94. The van der Waals surface area contributed by atoms with Gasteiger partial charge in [0.2, 0.25) is 0 Å². The molecule has 2 aromatic rings. The maximum atomic E-state index is 13.4. The lowest BCUT2D eigenvalue weighted by Gasteiger charge is -2.27. The van der Waals surface area contributed by atoms with Crippen LogP contribution >= 0.6 is 0 Å². The van der Waals surface area contributed by atoms with Crippen molar-refractivity contribution in [1.82, 2.24) is 18.9 Å². The van der Waals surface area contributed by atoms with E-state index in [1.54, 1.807) is 12.0 Å². The number of aromatic nitrogens is 2. The highest BCUT2D eigenvalue weighted by atomic mass is 16.5. The summed E-state index contributed by atoms with van der Waals surface area (Å²) in [5.74, 6) is 0.458. The summed E-state index contributed by atoms with van der Waals surface area (Å²) in [7, 11) is 1.59. The molecule has 4 rings (SSSR count). The van der Waals surface area contributed by atoms with Crippen molar-refractivity contribution < 1.29 is 19.4 Å². The molecule has 0 fully saturated rings. The summed E-state index contributed by atoms with van der Waals surface area (Å²) >= 11 is 0. The molecule has 0 saturated carbocycles. The number of nitrogens with zero attached hydrogens (tertiary/aromatic N) is 4. The number of hydrogen-bond acceptors (Lipinski definition) is 4. The third-order valence-corrected chi connectivity index (χ3v) is 5.34. The SMILES string of the molecule is COc1ccc(CN2C/C=C\Cn3c(c4n(c3=O)CCN(C(=O)O)C4)C2=O)cc1. The molecule has 1 aromatic carbocycles. The first-order valence-corrected chi connectivity index (χ1v) is 9.37. The fourth-order valence-electron chi connectivity index (χ4n) is 3.79. The molecular formula is C20H22N4O5. The molecule has 3 heterocycles. The van der Waals surface area contributed by atoms with E-state index in [1.165, 1.54) is 14.0 Å². The average molecular weight is 398 g/mol. The number of carboxylic acid groups (broad SMARTS) is 1. The van der Waals surface area contributed by atoms with E-state index in [1.807, 2.05) is 36.4 Å². The molecule has 1 N–H and O–H groups in total. The highest BCUT2D eigenvalue weighted by Gasteiger charge is 2.33. The van der Waals surface area contributed by atoms with Crippen molar-refractivity contribution in [3.05, 3.63) is 63.9 Å². The number of benzene rings is 1. The van der Waals surface area contributed by atoms with Gasteiger partial charge in [-0.05, 0) is 17.7 Å². The summed E-state index contributed by atoms with van der Waals surface area (Å²) in [5, 5.41) is 9.35. The lowest BCUT2D eigenvalue weighted by Crippen LogP contribution is -2.40. The number of amides is 2. The third kappa shape index (κ3) is 3.39. The predicted octanol–water partition coefficient (Wildman–Crippen LogP) is 1.36. The van der Waals surface area contributed by atoms with Gasteiger partial charge >= 0.3 is 11.8 Å². The van der Waals surface area contributed by atoms with Crippen LogP contribution in [-0.4, -0.2) is 56.2 Å². The van der Waals surface area contributed by atoms with Gasteiger partial charge in [0.15, 0.2) is 0 Å². The van der Waals surface area contributed by atoms with Crippen molar-refractivity contribution in [2.24, 2.45) is 0 Å². The Labute approximate surface area is 167 Å². The second-order valence-electron chi connectivity index (χ2n) is 7.05. The number of imidazole rings is 1. The normalized spacial score (nSPS) is 17.2. The molecule has 152 valence electrons. The molecule has 0 unspecified atom stereocenters. The Hall–Kier alpha value is -3.49. The van der Waals surface area contributed by atoms with Gasteiger partial charge in [0, 0.05) is 32.7 Å². The number of carbonyl (C=O) groups excluding carboxylic acids is 1. The van der Waals surface area contributed by atoms with Crippen molar-refractivity contribution in [3.63, 3.8) is 0 Å². The number of methoxy groups -OCH3 is 1. The minimum absolute atomic E-state index is 0.0265. The summed E-state index contributed by atoms with van der Waals surface area (Å²) in [4.78, 5) is 40.5. The van der Waals surface area contributed by atoms with Gasteiger partial charge in [-0.3, -0.25) is 13.9 Å². The van der Waals surface area contributed by atoms with E-state index < -0.39 is 6.09 Å². The minimum Gasteiger partial charge on any atom is -0.497 e. The Balaban J connectivity index is 1.70. The van der Waals surface area contributed by atoms with Gasteiger partial charge in [0.25, 0.3) is 5.91 Å². The maximum Gasteiger partial charge on any atom is 0.407 e. The number of fused-ring (bicyclic) bond motifs is 3. The van der Waals surface area contributed by atoms with E-state index >= 15 is 0 Å². The standard InChI is InChI=1S/C20H22N4O5/c1-29-15-6-4-14(5-7-15)12-21-8-2-3-9-24-17(18(21)25)16-13-22(20(27)28)10-11-23(16)19(24)26/h2-7H,8-13H2,1H3,(H,27,28)/b3-2-. The molecule has 0 aliphatic carbocycles. The first kappa shape index (κ1) is 18.9. The van der Waals surface area contributed by atoms with E-state index in [0.717, 1.165) is 11.3 Å². The number of hydrogen-bond donors (Lipinski definition) is 1. The van der Waals surface area contributed by atoms with Crippen molar-refractivity contribution >= 4 is 12.0 Å². The Morgan fingerprint density at radius 2 is 1.79 bits per heavy atom. The smallest absolute Gasteiger partial charge is 0.407 e. The van der Waals surface area contributed by atoms with Crippen LogP contribution in [0.25, 0.3) is 0 Å². The molecule has 0 spiro atoms. The summed E-state index contributed by atoms with van der Waals surface area (Å²) in [5.41, 5.74) is 1.40. The van der Waals surface area contributed by atoms with E-state index in [0.29, 0.717) is 25.3 Å². The lowest BCUT2D eigenvalue weighted by atomic mass is 10.1. The van der Waals surface area contributed by atoms with Crippen molar-refractivity contribution in [3.8, 4) is 5.75 Å². The molecular weight excluding hydrogens is 376 g/mol. The van der Waals surface area contributed by atoms with Crippen LogP contribution in [0.3, 0.4) is 0 Å². The third-order valence-electron chi connectivity index (χ3n) is 5.34. The van der Waals surface area contributed by atoms with E-state index in [9.17, 15) is 19.5 Å². The van der Waals surface area contributed by atoms with Gasteiger partial charge < -0.3 is 19.6 Å². The highest BCUT2D eigenvalue weighted by Crippen LogP contribution is 2.21. The zero-order valence-electron chi connectivity index (χ0n) is 16.1. The second kappa shape index (κ2) is 7.50. The number of carbonyl (C=O) groups is 2. The molecule has 9 nitrogen and oxygen atoms in total. The Kier molecular flexibility index (Phi) is 4.87. The molecule has 1 aromatic heterocycles. The van der Waals surface area contributed by atoms with Crippen LogP contribution in [0.2, 0.25) is 0 Å². The second-order valence-corrected chi connectivity index (χ2v) is 7.05.